The minimum absolute atomic E-state index is 0.0688. The molecular formula is C27H23F4NO5S. The highest BCUT2D eigenvalue weighted by Crippen LogP contribution is 2.45. The van der Waals surface area contributed by atoms with Crippen molar-refractivity contribution in [2.45, 2.75) is 43.4 Å². The molecule has 0 saturated heterocycles. The number of rotatable bonds is 6. The molecule has 4 aromatic rings. The predicted octanol–water partition coefficient (Wildman–Crippen LogP) is 6.19. The van der Waals surface area contributed by atoms with Gasteiger partial charge in [-0.15, -0.1) is 0 Å². The van der Waals surface area contributed by atoms with Crippen LogP contribution in [-0.4, -0.2) is 28.6 Å². The van der Waals surface area contributed by atoms with E-state index in [-0.39, 0.29) is 15.1 Å². The zero-order valence-electron chi connectivity index (χ0n) is 20.5. The van der Waals surface area contributed by atoms with Crippen LogP contribution in [0, 0.1) is 11.6 Å². The lowest BCUT2D eigenvalue weighted by atomic mass is 9.87. The molecule has 11 heteroatoms. The molecule has 1 heterocycles. The van der Waals surface area contributed by atoms with Gasteiger partial charge in [0, 0.05) is 17.9 Å². The van der Waals surface area contributed by atoms with E-state index in [0.717, 1.165) is 24.3 Å². The summed E-state index contributed by atoms with van der Waals surface area (Å²) in [6, 6.07) is 10.9. The fourth-order valence-corrected chi connectivity index (χ4v) is 5.75. The Balaban J connectivity index is 1.98. The largest absolute Gasteiger partial charge is 0.505 e. The van der Waals surface area contributed by atoms with Gasteiger partial charge in [-0.1, -0.05) is 45.0 Å². The Morgan fingerprint density at radius 3 is 2.13 bits per heavy atom. The van der Waals surface area contributed by atoms with Gasteiger partial charge in [-0.3, -0.25) is 0 Å². The van der Waals surface area contributed by atoms with Crippen LogP contribution < -0.4 is 0 Å². The Labute approximate surface area is 215 Å². The van der Waals surface area contributed by atoms with Crippen LogP contribution in [0.1, 0.15) is 48.0 Å². The zero-order valence-corrected chi connectivity index (χ0v) is 21.3. The van der Waals surface area contributed by atoms with Gasteiger partial charge in [0.15, 0.2) is 17.4 Å². The number of aromatic hydroxyl groups is 1. The minimum Gasteiger partial charge on any atom is -0.505 e. The lowest BCUT2D eigenvalue weighted by Crippen LogP contribution is -2.26. The number of benzene rings is 3. The summed E-state index contributed by atoms with van der Waals surface area (Å²) >= 11 is 0. The van der Waals surface area contributed by atoms with Gasteiger partial charge in [-0.2, -0.15) is 8.78 Å². The first-order chi connectivity index (χ1) is 17.5. The quantitative estimate of drug-likeness (QED) is 0.280. The molecule has 0 amide bonds. The van der Waals surface area contributed by atoms with Gasteiger partial charge in [0.1, 0.15) is 5.69 Å². The summed E-state index contributed by atoms with van der Waals surface area (Å²) in [6.45, 7) is 5.47. The van der Waals surface area contributed by atoms with Crippen LogP contribution in [0.2, 0.25) is 0 Å². The second kappa shape index (κ2) is 9.16. The van der Waals surface area contributed by atoms with E-state index in [2.05, 4.69) is 0 Å². The second-order valence-electron chi connectivity index (χ2n) is 9.91. The molecule has 3 aromatic carbocycles. The number of aromatic carboxylic acids is 1. The summed E-state index contributed by atoms with van der Waals surface area (Å²) < 4.78 is 87.7. The number of carbonyl (C=O) groups is 1. The Morgan fingerprint density at radius 2 is 1.55 bits per heavy atom. The standard InChI is InChI=1S/C27H23F4NO5S/c1-26(2,3)17-5-4-6-18(11-17)38(36,37)32-22-13-21(29)20(28)12-19(22)23(33)24(32)27(30,31)14-15-7-9-16(10-8-15)25(34)35/h4-13,33H,14H2,1-3H3,(H,34,35). The van der Waals surface area contributed by atoms with Crippen molar-refractivity contribution < 1.29 is 41.0 Å². The lowest BCUT2D eigenvalue weighted by Gasteiger charge is -2.22. The summed E-state index contributed by atoms with van der Waals surface area (Å²) in [5, 5.41) is 19.2. The summed E-state index contributed by atoms with van der Waals surface area (Å²) in [6.07, 6.45) is -1.14. The number of aromatic nitrogens is 1. The van der Waals surface area contributed by atoms with Crippen molar-refractivity contribution in [1.82, 2.24) is 3.97 Å². The predicted molar refractivity (Wildman–Crippen MR) is 132 cm³/mol. The Kier molecular flexibility index (Phi) is 6.55. The number of alkyl halides is 2. The monoisotopic (exact) mass is 549 g/mol. The first kappa shape index (κ1) is 27.2. The van der Waals surface area contributed by atoms with Crippen LogP contribution in [0.4, 0.5) is 17.6 Å². The normalized spacial score (nSPS) is 12.7. The third-order valence-corrected chi connectivity index (χ3v) is 7.86. The van der Waals surface area contributed by atoms with Gasteiger partial charge in [-0.05, 0) is 46.9 Å². The molecule has 38 heavy (non-hydrogen) atoms. The van der Waals surface area contributed by atoms with Gasteiger partial charge in [0.2, 0.25) is 0 Å². The van der Waals surface area contributed by atoms with Crippen LogP contribution in [0.3, 0.4) is 0 Å². The van der Waals surface area contributed by atoms with E-state index in [0.29, 0.717) is 17.7 Å². The SMILES string of the molecule is CC(C)(C)c1cccc(S(=O)(=O)n2c(C(F)(F)Cc3ccc(C(=O)O)cc3)c(O)c3cc(F)c(F)cc32)c1. The summed E-state index contributed by atoms with van der Waals surface area (Å²) in [5.41, 5.74) is -2.19. The van der Waals surface area contributed by atoms with Crippen LogP contribution in [0.25, 0.3) is 10.9 Å². The molecule has 6 nitrogen and oxygen atoms in total. The van der Waals surface area contributed by atoms with Crippen molar-refractivity contribution >= 4 is 26.9 Å². The van der Waals surface area contributed by atoms with Crippen LogP contribution in [-0.2, 0) is 27.8 Å². The average molecular weight is 550 g/mol. The lowest BCUT2D eigenvalue weighted by molar-refractivity contribution is -0.0109. The fraction of sp³-hybridized carbons (Fsp3) is 0.222. The maximum Gasteiger partial charge on any atom is 0.335 e. The number of halogens is 4. The molecule has 0 spiro atoms. The van der Waals surface area contributed by atoms with Crippen molar-refractivity contribution in [1.29, 1.82) is 0 Å². The highest BCUT2D eigenvalue weighted by Gasteiger charge is 2.43. The van der Waals surface area contributed by atoms with Gasteiger partial charge in [-0.25, -0.2) is 26.0 Å². The molecule has 0 atom stereocenters. The maximum atomic E-state index is 15.8. The second-order valence-corrected chi connectivity index (χ2v) is 11.7. The number of hydrogen-bond donors (Lipinski definition) is 2. The van der Waals surface area contributed by atoms with Crippen molar-refractivity contribution in [3.8, 4) is 5.75 Å². The third-order valence-electron chi connectivity index (χ3n) is 6.15. The topological polar surface area (TPSA) is 96.6 Å². The highest BCUT2D eigenvalue weighted by atomic mass is 32.2. The van der Waals surface area contributed by atoms with Crippen molar-refractivity contribution in [3.63, 3.8) is 0 Å². The Hall–Kier alpha value is -3.86. The molecular weight excluding hydrogens is 526 g/mol. The number of carboxylic acid groups (broad SMARTS) is 1. The molecule has 0 fully saturated rings. The van der Waals surface area contributed by atoms with E-state index in [1.807, 2.05) is 20.8 Å². The third kappa shape index (κ3) is 4.73. The minimum atomic E-state index is -4.87. The number of hydrogen-bond acceptors (Lipinski definition) is 4. The zero-order chi connectivity index (χ0) is 28.2. The summed E-state index contributed by atoms with van der Waals surface area (Å²) in [7, 11) is -4.87. The molecule has 200 valence electrons. The van der Waals surface area contributed by atoms with Crippen molar-refractivity contribution in [2.75, 3.05) is 0 Å². The van der Waals surface area contributed by atoms with E-state index in [4.69, 9.17) is 5.11 Å². The molecule has 0 radical (unpaired) electrons. The molecule has 0 unspecified atom stereocenters. The molecule has 2 N–H and O–H groups in total. The summed E-state index contributed by atoms with van der Waals surface area (Å²) in [4.78, 5) is 10.7. The van der Waals surface area contributed by atoms with Crippen molar-refractivity contribution in [2.24, 2.45) is 0 Å². The van der Waals surface area contributed by atoms with Gasteiger partial charge >= 0.3 is 5.97 Å². The smallest absolute Gasteiger partial charge is 0.335 e. The molecule has 0 saturated carbocycles. The van der Waals surface area contributed by atoms with Gasteiger partial charge in [0.25, 0.3) is 15.9 Å². The van der Waals surface area contributed by atoms with Gasteiger partial charge in [0.05, 0.1) is 16.0 Å². The molecule has 1 aromatic heterocycles. The van der Waals surface area contributed by atoms with E-state index in [1.54, 1.807) is 6.07 Å². The number of fused-ring (bicyclic) bond motifs is 1. The Bertz CT molecular complexity index is 1670. The Morgan fingerprint density at radius 1 is 0.947 bits per heavy atom. The first-order valence-electron chi connectivity index (χ1n) is 11.3. The van der Waals surface area contributed by atoms with E-state index >= 15 is 8.78 Å². The van der Waals surface area contributed by atoms with Crippen molar-refractivity contribution in [3.05, 3.63) is 94.7 Å². The fourth-order valence-electron chi connectivity index (χ4n) is 4.14. The molecule has 0 aliphatic rings. The maximum absolute atomic E-state index is 15.8. The highest BCUT2D eigenvalue weighted by molar-refractivity contribution is 7.90. The van der Waals surface area contributed by atoms with Crippen LogP contribution >= 0.6 is 0 Å². The molecule has 4 rings (SSSR count). The number of carboxylic acids is 1. The number of nitrogens with zero attached hydrogens (tertiary/aromatic N) is 1. The van der Waals surface area contributed by atoms with E-state index < -0.39 is 72.6 Å². The molecule has 0 aliphatic carbocycles. The van der Waals surface area contributed by atoms with E-state index in [1.165, 1.54) is 18.2 Å². The molecule has 0 bridgehead atoms. The summed E-state index contributed by atoms with van der Waals surface area (Å²) in [5.74, 6) is -9.52. The van der Waals surface area contributed by atoms with E-state index in [9.17, 15) is 27.1 Å². The average Bonchev–Trinajstić information content (AvgIpc) is 3.12. The molecule has 0 aliphatic heterocycles. The van der Waals surface area contributed by atoms with Crippen LogP contribution in [0.15, 0.2) is 65.6 Å². The van der Waals surface area contributed by atoms with Gasteiger partial charge < -0.3 is 10.2 Å². The van der Waals surface area contributed by atoms with Crippen LogP contribution in [0.5, 0.6) is 5.75 Å². The first-order valence-corrected chi connectivity index (χ1v) is 12.8.